The fourth-order valence-corrected chi connectivity index (χ4v) is 2.73. The number of oxazole rings is 1. The van der Waals surface area contributed by atoms with E-state index in [2.05, 4.69) is 41.0 Å². The summed E-state index contributed by atoms with van der Waals surface area (Å²) >= 11 is 0. The second-order valence-corrected chi connectivity index (χ2v) is 8.14. The number of hydrogen-bond donors (Lipinski definition) is 1. The van der Waals surface area contributed by atoms with Gasteiger partial charge in [0, 0.05) is 14.1 Å². The molecule has 0 bridgehead atoms. The fraction of sp³-hybridized carbons (Fsp3) is 0.364. The van der Waals surface area contributed by atoms with Gasteiger partial charge >= 0.3 is 6.08 Å². The minimum absolute atomic E-state index is 0.00719. The zero-order chi connectivity index (χ0) is 23.5. The second kappa shape index (κ2) is 9.13. The zero-order valence-corrected chi connectivity index (χ0v) is 19.2. The van der Waals surface area contributed by atoms with E-state index in [0.29, 0.717) is 11.7 Å². The smallest absolute Gasteiger partial charge is 0.399 e. The molecule has 0 aliphatic rings. The van der Waals surface area contributed by atoms with Gasteiger partial charge in [-0.05, 0) is 23.1 Å². The first-order valence-electron chi connectivity index (χ1n) is 9.85. The topological polar surface area (TPSA) is 112 Å². The molecule has 10 nitrogen and oxygen atoms in total. The number of nitrogens with one attached hydrogen (secondary N) is 1. The van der Waals surface area contributed by atoms with Gasteiger partial charge in [-0.2, -0.15) is 15.0 Å². The van der Waals surface area contributed by atoms with Crippen LogP contribution in [0.4, 0.5) is 11.6 Å². The lowest BCUT2D eigenvalue weighted by Gasteiger charge is -2.19. The molecule has 10 heteroatoms. The minimum Gasteiger partial charge on any atom is -0.479 e. The van der Waals surface area contributed by atoms with E-state index in [-0.39, 0.29) is 34.6 Å². The van der Waals surface area contributed by atoms with E-state index in [1.165, 1.54) is 20.5 Å². The van der Waals surface area contributed by atoms with Crippen molar-refractivity contribution in [3.63, 3.8) is 0 Å². The summed E-state index contributed by atoms with van der Waals surface area (Å²) < 4.78 is 21.6. The monoisotopic (exact) mass is 441 g/mol. The van der Waals surface area contributed by atoms with Crippen LogP contribution in [0.3, 0.4) is 0 Å². The first-order chi connectivity index (χ1) is 15.1. The van der Waals surface area contributed by atoms with Crippen molar-refractivity contribution >= 4 is 17.5 Å². The van der Waals surface area contributed by atoms with Crippen LogP contribution in [0.5, 0.6) is 23.6 Å². The van der Waals surface area contributed by atoms with E-state index in [1.807, 2.05) is 18.2 Å². The first kappa shape index (κ1) is 22.9. The Balaban J connectivity index is 1.80. The number of nitrogens with zero attached hydrogens (tertiary/aromatic N) is 4. The van der Waals surface area contributed by atoms with Crippen LogP contribution in [-0.4, -0.2) is 49.2 Å². The number of methoxy groups -OCH3 is 2. The standard InChI is InChI=1S/C22H27N5O5/c1-22(2,3)13-9-8-10-14(11-13)32-21-23-15(12-31-21)17(28)24-16-18(29-6)25-20(27(4)5)26-19(16)30-7/h8-12H,1-7H3,(H,24,28). The van der Waals surface area contributed by atoms with E-state index >= 15 is 0 Å². The maximum Gasteiger partial charge on any atom is 0.399 e. The largest absolute Gasteiger partial charge is 0.479 e. The Morgan fingerprint density at radius 1 is 1.06 bits per heavy atom. The number of carbonyl (C=O) groups excluding carboxylic acids is 1. The lowest BCUT2D eigenvalue weighted by Crippen LogP contribution is -2.18. The molecule has 0 radical (unpaired) electrons. The summed E-state index contributed by atoms with van der Waals surface area (Å²) in [6, 6.07) is 7.61. The van der Waals surface area contributed by atoms with Crippen molar-refractivity contribution in [1.82, 2.24) is 15.0 Å². The molecule has 0 saturated heterocycles. The third-order valence-electron chi connectivity index (χ3n) is 4.48. The molecule has 2 heterocycles. The Morgan fingerprint density at radius 2 is 1.72 bits per heavy atom. The highest BCUT2D eigenvalue weighted by Gasteiger charge is 2.22. The lowest BCUT2D eigenvalue weighted by molar-refractivity contribution is 0.102. The highest BCUT2D eigenvalue weighted by molar-refractivity contribution is 6.04. The number of carbonyl (C=O) groups is 1. The van der Waals surface area contributed by atoms with Crippen molar-refractivity contribution in [1.29, 1.82) is 0 Å². The van der Waals surface area contributed by atoms with Crippen molar-refractivity contribution in [3.05, 3.63) is 41.8 Å². The fourth-order valence-electron chi connectivity index (χ4n) is 2.73. The third kappa shape index (κ3) is 5.08. The van der Waals surface area contributed by atoms with Gasteiger partial charge in [-0.1, -0.05) is 32.9 Å². The number of hydrogen-bond acceptors (Lipinski definition) is 9. The Bertz CT molecular complexity index is 1080. The normalized spacial score (nSPS) is 11.1. The zero-order valence-electron chi connectivity index (χ0n) is 19.2. The molecule has 32 heavy (non-hydrogen) atoms. The van der Waals surface area contributed by atoms with E-state index in [9.17, 15) is 4.79 Å². The van der Waals surface area contributed by atoms with Gasteiger partial charge in [-0.25, -0.2) is 0 Å². The van der Waals surface area contributed by atoms with Gasteiger partial charge in [-0.3, -0.25) is 4.79 Å². The van der Waals surface area contributed by atoms with Crippen LogP contribution in [0.25, 0.3) is 0 Å². The van der Waals surface area contributed by atoms with Crippen molar-refractivity contribution in [2.45, 2.75) is 26.2 Å². The molecule has 0 spiro atoms. The van der Waals surface area contributed by atoms with Crippen molar-refractivity contribution < 1.29 is 23.4 Å². The number of rotatable bonds is 7. The molecular formula is C22H27N5O5. The summed E-state index contributed by atoms with van der Waals surface area (Å²) in [7, 11) is 6.43. The number of amides is 1. The molecule has 3 rings (SSSR count). The van der Waals surface area contributed by atoms with Crippen molar-refractivity contribution in [3.8, 4) is 23.6 Å². The lowest BCUT2D eigenvalue weighted by atomic mass is 9.87. The van der Waals surface area contributed by atoms with Crippen LogP contribution in [0, 0.1) is 0 Å². The van der Waals surface area contributed by atoms with Crippen molar-refractivity contribution in [2.24, 2.45) is 0 Å². The average molecular weight is 441 g/mol. The molecular weight excluding hydrogens is 414 g/mol. The summed E-state index contributed by atoms with van der Waals surface area (Å²) in [5.41, 5.74) is 1.24. The van der Waals surface area contributed by atoms with Gasteiger partial charge in [0.2, 0.25) is 17.7 Å². The van der Waals surface area contributed by atoms with Crippen LogP contribution in [0.15, 0.2) is 34.9 Å². The maximum absolute atomic E-state index is 12.8. The average Bonchev–Trinajstić information content (AvgIpc) is 3.21. The van der Waals surface area contributed by atoms with Gasteiger partial charge in [0.05, 0.1) is 14.2 Å². The maximum atomic E-state index is 12.8. The SMILES string of the molecule is COc1nc(N(C)C)nc(OC)c1NC(=O)c1coc(Oc2cccc(C(C)(C)C)c2)n1. The number of benzene rings is 1. The molecule has 0 aliphatic heterocycles. The summed E-state index contributed by atoms with van der Waals surface area (Å²) in [5.74, 6) is 0.652. The Kier molecular flexibility index (Phi) is 6.52. The molecule has 0 aliphatic carbocycles. The molecule has 1 N–H and O–H groups in total. The van der Waals surface area contributed by atoms with Gasteiger partial charge < -0.3 is 28.8 Å². The first-order valence-corrected chi connectivity index (χ1v) is 9.85. The molecule has 0 fully saturated rings. The van der Waals surface area contributed by atoms with E-state index < -0.39 is 5.91 Å². The summed E-state index contributed by atoms with van der Waals surface area (Å²) in [6.07, 6.45) is 1.14. The number of anilines is 2. The quantitative estimate of drug-likeness (QED) is 0.583. The van der Waals surface area contributed by atoms with Gasteiger partial charge in [0.25, 0.3) is 5.91 Å². The molecule has 1 amide bonds. The summed E-state index contributed by atoms with van der Waals surface area (Å²) in [5, 5.41) is 2.66. The minimum atomic E-state index is -0.565. The molecule has 1 aromatic carbocycles. The predicted octanol–water partition coefficient (Wildman–Crippen LogP) is 3.89. The van der Waals surface area contributed by atoms with E-state index in [1.54, 1.807) is 25.1 Å². The van der Waals surface area contributed by atoms with Crippen LogP contribution >= 0.6 is 0 Å². The van der Waals surface area contributed by atoms with Gasteiger partial charge in [-0.15, -0.1) is 0 Å². The third-order valence-corrected chi connectivity index (χ3v) is 4.48. The van der Waals surface area contributed by atoms with Crippen molar-refractivity contribution in [2.75, 3.05) is 38.5 Å². The summed E-state index contributed by atoms with van der Waals surface area (Å²) in [4.78, 5) is 27.1. The molecule has 0 unspecified atom stereocenters. The van der Waals surface area contributed by atoms with E-state index in [0.717, 1.165) is 5.56 Å². The highest BCUT2D eigenvalue weighted by Crippen LogP contribution is 2.34. The highest BCUT2D eigenvalue weighted by atomic mass is 16.6. The molecule has 0 atom stereocenters. The molecule has 0 saturated carbocycles. The van der Waals surface area contributed by atoms with Crippen LogP contribution in [-0.2, 0) is 5.41 Å². The molecule has 170 valence electrons. The van der Waals surface area contributed by atoms with Crippen LogP contribution in [0.2, 0.25) is 0 Å². The molecule has 3 aromatic rings. The Hall–Kier alpha value is -3.82. The predicted molar refractivity (Wildman–Crippen MR) is 119 cm³/mol. The van der Waals surface area contributed by atoms with Gasteiger partial charge in [0.15, 0.2) is 11.4 Å². The van der Waals surface area contributed by atoms with Crippen LogP contribution < -0.4 is 24.4 Å². The second-order valence-electron chi connectivity index (χ2n) is 8.14. The number of aromatic nitrogens is 3. The summed E-state index contributed by atoms with van der Waals surface area (Å²) in [6.45, 7) is 6.32. The number of ether oxygens (including phenoxy) is 3. The Morgan fingerprint density at radius 3 is 2.28 bits per heavy atom. The Labute approximate surface area is 186 Å². The molecule has 2 aromatic heterocycles. The van der Waals surface area contributed by atoms with Crippen LogP contribution in [0.1, 0.15) is 36.8 Å². The van der Waals surface area contributed by atoms with Gasteiger partial charge in [0.1, 0.15) is 12.0 Å². The van der Waals surface area contributed by atoms with E-state index in [4.69, 9.17) is 18.6 Å².